The van der Waals surface area contributed by atoms with E-state index in [0.29, 0.717) is 41.2 Å². The molecule has 2 aromatic rings. The summed E-state index contributed by atoms with van der Waals surface area (Å²) < 4.78 is 41.9. The smallest absolute Gasteiger partial charge is 0.264 e. The van der Waals surface area contributed by atoms with Crippen LogP contribution in [0.25, 0.3) is 0 Å². The number of ether oxygens (including phenoxy) is 2. The minimum atomic E-state index is -3.92. The first-order valence-corrected chi connectivity index (χ1v) is 18.2. The lowest BCUT2D eigenvalue weighted by Gasteiger charge is -2.50. The average molecular weight is 655 g/mol. The van der Waals surface area contributed by atoms with Gasteiger partial charge in [0.1, 0.15) is 12.4 Å². The van der Waals surface area contributed by atoms with Crippen molar-refractivity contribution in [1.82, 2.24) is 4.72 Å². The molecule has 45 heavy (non-hydrogen) atoms. The molecule has 2 aromatic carbocycles. The fraction of sp³-hybridized carbons (Fsp3) is 0.528. The first-order valence-electron chi connectivity index (χ1n) is 16.3. The average Bonchev–Trinajstić information content (AvgIpc) is 3.03. The van der Waals surface area contributed by atoms with E-state index >= 15 is 0 Å². The largest absolute Gasteiger partial charge is 0.487 e. The Labute approximate surface area is 274 Å². The first-order chi connectivity index (χ1) is 21.6. The van der Waals surface area contributed by atoms with Crippen LogP contribution in [0.5, 0.6) is 5.75 Å². The Morgan fingerprint density at radius 3 is 2.69 bits per heavy atom. The van der Waals surface area contributed by atoms with Gasteiger partial charge in [-0.3, -0.25) is 4.79 Å². The van der Waals surface area contributed by atoms with Crippen molar-refractivity contribution >= 4 is 33.2 Å². The Kier molecular flexibility index (Phi) is 10.7. The fourth-order valence-electron chi connectivity index (χ4n) is 7.00. The van der Waals surface area contributed by atoms with Crippen LogP contribution < -0.4 is 14.4 Å². The van der Waals surface area contributed by atoms with Gasteiger partial charge in [-0.1, -0.05) is 48.9 Å². The molecule has 2 heterocycles. The van der Waals surface area contributed by atoms with E-state index < -0.39 is 26.8 Å². The second kappa shape index (κ2) is 14.3. The van der Waals surface area contributed by atoms with Gasteiger partial charge >= 0.3 is 0 Å². The number of fused-ring (bicyclic) bond motifs is 3. The van der Waals surface area contributed by atoms with E-state index in [1.54, 1.807) is 32.2 Å². The van der Waals surface area contributed by atoms with Gasteiger partial charge in [-0.2, -0.15) is 0 Å². The van der Waals surface area contributed by atoms with E-state index in [4.69, 9.17) is 21.1 Å². The predicted molar refractivity (Wildman–Crippen MR) is 182 cm³/mol. The number of hydrogen-bond donors (Lipinski definition) is 1. The van der Waals surface area contributed by atoms with E-state index in [0.717, 1.165) is 62.9 Å². The van der Waals surface area contributed by atoms with Gasteiger partial charge in [0.25, 0.3) is 5.91 Å². The van der Waals surface area contributed by atoms with E-state index in [1.807, 2.05) is 32.0 Å². The Balaban J connectivity index is 1.59. The topological polar surface area (TPSA) is 84.9 Å². The number of halogens is 1. The molecule has 0 aromatic heterocycles. The van der Waals surface area contributed by atoms with Gasteiger partial charge in [-0.05, 0) is 118 Å². The number of carbonyl (C=O) groups is 1. The monoisotopic (exact) mass is 654 g/mol. The van der Waals surface area contributed by atoms with Crippen molar-refractivity contribution in [2.75, 3.05) is 25.1 Å². The van der Waals surface area contributed by atoms with Crippen LogP contribution in [0.2, 0.25) is 5.02 Å². The van der Waals surface area contributed by atoms with Crippen LogP contribution in [-0.2, 0) is 27.8 Å². The number of amides is 1. The Bertz CT molecular complexity index is 1540. The van der Waals surface area contributed by atoms with E-state index in [1.165, 1.54) is 5.56 Å². The molecule has 5 atom stereocenters. The number of anilines is 1. The van der Waals surface area contributed by atoms with Crippen molar-refractivity contribution in [3.63, 3.8) is 0 Å². The Morgan fingerprint density at radius 2 is 1.96 bits per heavy atom. The highest BCUT2D eigenvalue weighted by molar-refractivity contribution is 7.90. The molecule has 3 aliphatic rings. The van der Waals surface area contributed by atoms with Crippen molar-refractivity contribution in [1.29, 1.82) is 0 Å². The number of nitrogens with zero attached hydrogens (tertiary/aromatic N) is 1. The van der Waals surface area contributed by atoms with Crippen LogP contribution in [0, 0.1) is 17.8 Å². The molecule has 244 valence electrons. The molecule has 1 N–H and O–H groups in total. The number of hydrogen-bond acceptors (Lipinski definition) is 6. The molecular weight excluding hydrogens is 608 g/mol. The number of carbonyl (C=O) groups excluding carboxylic acids is 1. The molecule has 1 aliphatic carbocycles. The van der Waals surface area contributed by atoms with Crippen LogP contribution in [0.1, 0.15) is 80.8 Å². The number of benzene rings is 2. The van der Waals surface area contributed by atoms with Crippen molar-refractivity contribution < 1.29 is 22.7 Å². The quantitative estimate of drug-likeness (QED) is 0.346. The Hall–Kier alpha value is -2.81. The summed E-state index contributed by atoms with van der Waals surface area (Å²) in [5.41, 5.74) is 2.89. The number of methoxy groups -OCH3 is 1. The maximum Gasteiger partial charge on any atom is 0.264 e. The predicted octanol–water partition coefficient (Wildman–Crippen LogP) is 7.48. The van der Waals surface area contributed by atoms with Crippen LogP contribution in [0.4, 0.5) is 5.69 Å². The third kappa shape index (κ3) is 7.44. The lowest BCUT2D eigenvalue weighted by Crippen LogP contribution is -2.51. The van der Waals surface area contributed by atoms with E-state index in [2.05, 4.69) is 33.9 Å². The maximum absolute atomic E-state index is 13.4. The van der Waals surface area contributed by atoms with E-state index in [-0.39, 0.29) is 5.92 Å². The summed E-state index contributed by atoms with van der Waals surface area (Å²) in [6, 6.07) is 11.2. The zero-order valence-electron chi connectivity index (χ0n) is 26.9. The summed E-state index contributed by atoms with van der Waals surface area (Å²) in [5, 5.41) is -0.0507. The molecule has 9 heteroatoms. The molecule has 0 spiro atoms. The third-order valence-corrected chi connectivity index (χ3v) is 12.4. The van der Waals surface area contributed by atoms with E-state index in [9.17, 15) is 13.2 Å². The summed E-state index contributed by atoms with van der Waals surface area (Å²) in [6.45, 7) is 7.53. The summed E-state index contributed by atoms with van der Waals surface area (Å²) in [6.07, 6.45) is 14.8. The van der Waals surface area contributed by atoms with Gasteiger partial charge in [0.05, 0.1) is 16.5 Å². The molecule has 1 amide bonds. The van der Waals surface area contributed by atoms with Crippen molar-refractivity contribution in [2.24, 2.45) is 17.8 Å². The zero-order valence-corrected chi connectivity index (χ0v) is 28.5. The fourth-order valence-corrected chi connectivity index (χ4v) is 8.48. The molecular formula is C36H47ClN2O5S. The van der Waals surface area contributed by atoms with Gasteiger partial charge in [0, 0.05) is 30.8 Å². The van der Waals surface area contributed by atoms with Crippen molar-refractivity contribution in [3.8, 4) is 5.75 Å². The lowest BCUT2D eigenvalue weighted by molar-refractivity contribution is -0.0728. The normalized spacial score (nSPS) is 29.7. The van der Waals surface area contributed by atoms with Crippen molar-refractivity contribution in [2.45, 2.75) is 83.2 Å². The van der Waals surface area contributed by atoms with Crippen LogP contribution >= 0.6 is 11.6 Å². The standard InChI is InChI=1S/C36H47ClN2O5S/c1-5-6-18-36(43-4)19-9-10-25(2)26(3)45(41,42)38-35(40)28-14-17-34-33(22-28)39(23-29-13-16-32(29)36)20-8-7-11-27-21-31(37)15-12-30(27)24-44-34/h5-6,9,12,14-15,17,19,21-22,25-26,29,32H,7-8,10-11,13,16,18,20,23-24H2,1-4H3,(H,38,40)/b6-5+,19-9+/t25-,26+,29-,32+,36-/m0/s1. The number of rotatable bonds is 3. The van der Waals surface area contributed by atoms with Crippen LogP contribution in [-0.4, -0.2) is 45.4 Å². The number of aryl methyl sites for hydroxylation is 1. The second-order valence-corrected chi connectivity index (χ2v) is 15.4. The molecule has 2 bridgehead atoms. The van der Waals surface area contributed by atoms with Crippen LogP contribution in [0.15, 0.2) is 60.7 Å². The molecule has 5 rings (SSSR count). The molecule has 7 nitrogen and oxygen atoms in total. The molecule has 0 unspecified atom stereocenters. The van der Waals surface area contributed by atoms with Crippen molar-refractivity contribution in [3.05, 3.63) is 82.4 Å². The zero-order chi connectivity index (χ0) is 32.2. The molecule has 0 radical (unpaired) electrons. The first kappa shape index (κ1) is 33.6. The number of allylic oxidation sites excluding steroid dienone is 2. The van der Waals surface area contributed by atoms with Gasteiger partial charge in [0.2, 0.25) is 10.0 Å². The highest BCUT2D eigenvalue weighted by atomic mass is 35.5. The maximum atomic E-state index is 13.4. The van der Waals surface area contributed by atoms with Gasteiger partial charge in [-0.25, -0.2) is 13.1 Å². The lowest BCUT2D eigenvalue weighted by atomic mass is 9.63. The molecule has 1 fully saturated rings. The summed E-state index contributed by atoms with van der Waals surface area (Å²) in [5.74, 6) is 0.501. The van der Waals surface area contributed by atoms with Gasteiger partial charge < -0.3 is 14.4 Å². The van der Waals surface area contributed by atoms with Gasteiger partial charge in [0.15, 0.2) is 0 Å². The molecule has 2 aliphatic heterocycles. The van der Waals surface area contributed by atoms with Crippen LogP contribution in [0.3, 0.4) is 0 Å². The summed E-state index contributed by atoms with van der Waals surface area (Å²) >= 11 is 6.35. The SMILES string of the molecule is C/C=C/C[C@]1(OC)/C=C/C[C@H](C)[C@@H](C)S(=O)(=O)NC(=O)c2ccc3c(c2)N(CCCCc2cc(Cl)ccc2CO3)C[C@@H]2CC[C@H]21. The third-order valence-electron chi connectivity index (χ3n) is 10.2. The summed E-state index contributed by atoms with van der Waals surface area (Å²) in [7, 11) is -2.13. The highest BCUT2D eigenvalue weighted by Gasteiger charge is 2.46. The molecule has 0 saturated heterocycles. The highest BCUT2D eigenvalue weighted by Crippen LogP contribution is 2.48. The summed E-state index contributed by atoms with van der Waals surface area (Å²) in [4.78, 5) is 15.8. The number of nitrogens with one attached hydrogen (secondary N) is 1. The van der Waals surface area contributed by atoms with Gasteiger partial charge in [-0.15, -0.1) is 0 Å². The molecule has 1 saturated carbocycles. The minimum absolute atomic E-state index is 0.206. The minimum Gasteiger partial charge on any atom is -0.487 e. The Morgan fingerprint density at radius 1 is 1.13 bits per heavy atom. The number of sulfonamides is 1. The second-order valence-electron chi connectivity index (χ2n) is 13.0.